The summed E-state index contributed by atoms with van der Waals surface area (Å²) in [5.74, 6) is 3.43. The first-order valence-corrected chi connectivity index (χ1v) is 5.17. The summed E-state index contributed by atoms with van der Waals surface area (Å²) < 4.78 is 6.72. The van der Waals surface area contributed by atoms with Crippen molar-refractivity contribution < 1.29 is 4.74 Å². The molecular formula is C12H13BrO. The Morgan fingerprint density at radius 3 is 2.57 bits per heavy atom. The lowest BCUT2D eigenvalue weighted by atomic mass is 10.1. The number of benzene rings is 1. The molecule has 0 spiro atoms. The van der Waals surface area contributed by atoms with Crippen molar-refractivity contribution in [1.82, 2.24) is 0 Å². The fraction of sp³-hybridized carbons (Fsp3) is 0.333. The van der Waals surface area contributed by atoms with Crippen LogP contribution in [0.1, 0.15) is 19.4 Å². The molecular weight excluding hydrogens is 240 g/mol. The number of halogens is 1. The highest BCUT2D eigenvalue weighted by molar-refractivity contribution is 9.10. The van der Waals surface area contributed by atoms with E-state index >= 15 is 0 Å². The number of hydrogen-bond acceptors (Lipinski definition) is 1. The van der Waals surface area contributed by atoms with Gasteiger partial charge < -0.3 is 4.74 Å². The maximum Gasteiger partial charge on any atom is 0.163 e. The van der Waals surface area contributed by atoms with Crippen LogP contribution in [0.3, 0.4) is 0 Å². The summed E-state index contributed by atoms with van der Waals surface area (Å²) in [6.07, 6.45) is 5.35. The van der Waals surface area contributed by atoms with Crippen molar-refractivity contribution in [2.24, 2.45) is 0 Å². The Morgan fingerprint density at radius 1 is 1.43 bits per heavy atom. The molecule has 14 heavy (non-hydrogen) atoms. The number of ether oxygens (including phenoxy) is 1. The first kappa shape index (κ1) is 11.1. The average molecular weight is 253 g/mol. The SMILES string of the molecule is C#CC(C)(C)Oc1ccc(Br)cc1C. The molecule has 1 aromatic carbocycles. The smallest absolute Gasteiger partial charge is 0.163 e. The van der Waals surface area contributed by atoms with E-state index in [9.17, 15) is 0 Å². The van der Waals surface area contributed by atoms with Crippen LogP contribution in [-0.4, -0.2) is 5.60 Å². The third-order valence-corrected chi connectivity index (χ3v) is 2.34. The molecule has 0 unspecified atom stereocenters. The van der Waals surface area contributed by atoms with E-state index in [1.165, 1.54) is 0 Å². The highest BCUT2D eigenvalue weighted by Gasteiger charge is 2.16. The Balaban J connectivity index is 2.94. The normalized spacial score (nSPS) is 10.8. The van der Waals surface area contributed by atoms with Crippen molar-refractivity contribution in [1.29, 1.82) is 0 Å². The zero-order valence-corrected chi connectivity index (χ0v) is 10.2. The van der Waals surface area contributed by atoms with Gasteiger partial charge in [0.1, 0.15) is 5.75 Å². The van der Waals surface area contributed by atoms with Crippen molar-refractivity contribution in [3.05, 3.63) is 28.2 Å². The summed E-state index contributed by atoms with van der Waals surface area (Å²) >= 11 is 3.40. The maximum absolute atomic E-state index is 5.68. The standard InChI is InChI=1S/C12H13BrO/c1-5-12(3,4)14-11-7-6-10(13)8-9(11)2/h1,6-8H,2-4H3. The highest BCUT2D eigenvalue weighted by atomic mass is 79.9. The zero-order chi connectivity index (χ0) is 10.8. The number of hydrogen-bond donors (Lipinski definition) is 0. The van der Waals surface area contributed by atoms with E-state index in [1.807, 2.05) is 39.0 Å². The van der Waals surface area contributed by atoms with Crippen LogP contribution in [0.2, 0.25) is 0 Å². The molecule has 1 rings (SSSR count). The summed E-state index contributed by atoms with van der Waals surface area (Å²) in [4.78, 5) is 0. The second-order valence-corrected chi connectivity index (χ2v) is 4.58. The minimum absolute atomic E-state index is 0.557. The highest BCUT2D eigenvalue weighted by Crippen LogP contribution is 2.25. The van der Waals surface area contributed by atoms with E-state index in [0.29, 0.717) is 0 Å². The van der Waals surface area contributed by atoms with Crippen LogP contribution in [0, 0.1) is 19.3 Å². The Bertz CT molecular complexity index is 374. The molecule has 1 aromatic rings. The van der Waals surface area contributed by atoms with Gasteiger partial charge in [0.25, 0.3) is 0 Å². The third-order valence-electron chi connectivity index (χ3n) is 1.85. The second-order valence-electron chi connectivity index (χ2n) is 3.67. The Hall–Kier alpha value is -0.940. The predicted molar refractivity (Wildman–Crippen MR) is 62.4 cm³/mol. The predicted octanol–water partition coefficient (Wildman–Crippen LogP) is 3.55. The molecule has 0 aliphatic rings. The molecule has 0 saturated carbocycles. The van der Waals surface area contributed by atoms with Crippen LogP contribution in [0.25, 0.3) is 0 Å². The molecule has 0 N–H and O–H groups in total. The summed E-state index contributed by atoms with van der Waals surface area (Å²) in [5.41, 5.74) is 0.515. The minimum Gasteiger partial charge on any atom is -0.475 e. The van der Waals surface area contributed by atoms with E-state index in [0.717, 1.165) is 15.8 Å². The summed E-state index contributed by atoms with van der Waals surface area (Å²) in [5, 5.41) is 0. The molecule has 0 aliphatic heterocycles. The zero-order valence-electron chi connectivity index (χ0n) is 8.60. The van der Waals surface area contributed by atoms with E-state index < -0.39 is 5.60 Å². The van der Waals surface area contributed by atoms with Gasteiger partial charge in [0, 0.05) is 4.47 Å². The molecule has 0 fully saturated rings. The van der Waals surface area contributed by atoms with Gasteiger partial charge in [-0.15, -0.1) is 6.42 Å². The lowest BCUT2D eigenvalue weighted by molar-refractivity contribution is 0.171. The van der Waals surface area contributed by atoms with Gasteiger partial charge in [0.05, 0.1) is 0 Å². The Kier molecular flexibility index (Phi) is 3.23. The van der Waals surface area contributed by atoms with Gasteiger partial charge in [-0.2, -0.15) is 0 Å². The lowest BCUT2D eigenvalue weighted by Crippen LogP contribution is -2.25. The maximum atomic E-state index is 5.68. The van der Waals surface area contributed by atoms with Gasteiger partial charge in [-0.1, -0.05) is 21.9 Å². The molecule has 0 bridgehead atoms. The number of terminal acetylenes is 1. The number of rotatable bonds is 2. The molecule has 2 heteroatoms. The van der Waals surface area contributed by atoms with Gasteiger partial charge in [-0.3, -0.25) is 0 Å². The molecule has 0 aromatic heterocycles. The molecule has 74 valence electrons. The van der Waals surface area contributed by atoms with Gasteiger partial charge in [0.2, 0.25) is 0 Å². The van der Waals surface area contributed by atoms with Crippen LogP contribution >= 0.6 is 15.9 Å². The fourth-order valence-electron chi connectivity index (χ4n) is 1.03. The first-order valence-electron chi connectivity index (χ1n) is 4.37. The number of aryl methyl sites for hydroxylation is 1. The molecule has 0 atom stereocenters. The largest absolute Gasteiger partial charge is 0.475 e. The molecule has 0 aliphatic carbocycles. The van der Waals surface area contributed by atoms with Crippen LogP contribution in [0.15, 0.2) is 22.7 Å². The Labute approximate surface area is 93.6 Å². The van der Waals surface area contributed by atoms with Crippen molar-refractivity contribution >= 4 is 15.9 Å². The van der Waals surface area contributed by atoms with Gasteiger partial charge >= 0.3 is 0 Å². The Morgan fingerprint density at radius 2 is 2.07 bits per heavy atom. The molecule has 0 heterocycles. The minimum atomic E-state index is -0.557. The fourth-order valence-corrected chi connectivity index (χ4v) is 1.51. The monoisotopic (exact) mass is 252 g/mol. The van der Waals surface area contributed by atoms with Gasteiger partial charge in [0.15, 0.2) is 5.60 Å². The summed E-state index contributed by atoms with van der Waals surface area (Å²) in [7, 11) is 0. The molecule has 0 saturated heterocycles. The summed E-state index contributed by atoms with van der Waals surface area (Å²) in [6, 6.07) is 5.86. The van der Waals surface area contributed by atoms with Crippen LogP contribution in [-0.2, 0) is 0 Å². The third kappa shape index (κ3) is 2.78. The van der Waals surface area contributed by atoms with E-state index in [4.69, 9.17) is 11.2 Å². The first-order chi connectivity index (χ1) is 6.44. The summed E-state index contributed by atoms with van der Waals surface area (Å²) in [6.45, 7) is 5.73. The second kappa shape index (κ2) is 4.06. The average Bonchev–Trinajstić information content (AvgIpc) is 2.10. The van der Waals surface area contributed by atoms with Gasteiger partial charge in [-0.05, 0) is 44.5 Å². The van der Waals surface area contributed by atoms with Crippen LogP contribution in [0.4, 0.5) is 0 Å². The van der Waals surface area contributed by atoms with Crippen LogP contribution in [0.5, 0.6) is 5.75 Å². The van der Waals surface area contributed by atoms with Crippen molar-refractivity contribution in [3.8, 4) is 18.1 Å². The molecule has 0 radical (unpaired) electrons. The molecule has 0 amide bonds. The van der Waals surface area contributed by atoms with Crippen molar-refractivity contribution in [2.45, 2.75) is 26.4 Å². The van der Waals surface area contributed by atoms with Crippen molar-refractivity contribution in [3.63, 3.8) is 0 Å². The topological polar surface area (TPSA) is 9.23 Å². The van der Waals surface area contributed by atoms with Crippen LogP contribution < -0.4 is 4.74 Å². The van der Waals surface area contributed by atoms with E-state index in [1.54, 1.807) is 0 Å². The van der Waals surface area contributed by atoms with Gasteiger partial charge in [-0.25, -0.2) is 0 Å². The lowest BCUT2D eigenvalue weighted by Gasteiger charge is -2.21. The molecule has 1 nitrogen and oxygen atoms in total. The van der Waals surface area contributed by atoms with Crippen molar-refractivity contribution in [2.75, 3.05) is 0 Å². The van der Waals surface area contributed by atoms with E-state index in [-0.39, 0.29) is 0 Å². The van der Waals surface area contributed by atoms with E-state index in [2.05, 4.69) is 21.9 Å². The quantitative estimate of drug-likeness (QED) is 0.732.